The van der Waals surface area contributed by atoms with Gasteiger partial charge in [-0.2, -0.15) is 0 Å². The zero-order chi connectivity index (χ0) is 8.69. The number of aliphatic hydroxyl groups excluding tert-OH is 1. The molecule has 0 aliphatic heterocycles. The fraction of sp³-hybridized carbons (Fsp3) is 0.778. The lowest BCUT2D eigenvalue weighted by atomic mass is 10.2. The highest BCUT2D eigenvalue weighted by atomic mass is 16.3. The van der Waals surface area contributed by atoms with Crippen LogP contribution in [0.25, 0.3) is 0 Å². The average Bonchev–Trinajstić information content (AvgIpc) is 1.97. The van der Waals surface area contributed by atoms with E-state index in [0.29, 0.717) is 6.54 Å². The van der Waals surface area contributed by atoms with Crippen molar-refractivity contribution in [2.45, 2.75) is 38.8 Å². The summed E-state index contributed by atoms with van der Waals surface area (Å²) in [6.07, 6.45) is 6.98. The van der Waals surface area contributed by atoms with Gasteiger partial charge in [-0.1, -0.05) is 19.3 Å². The van der Waals surface area contributed by atoms with Gasteiger partial charge in [0.15, 0.2) is 0 Å². The van der Waals surface area contributed by atoms with Crippen LogP contribution < -0.4 is 5.32 Å². The van der Waals surface area contributed by atoms with E-state index >= 15 is 0 Å². The summed E-state index contributed by atoms with van der Waals surface area (Å²) in [5.74, 6) is 2.64. The molecule has 1 unspecified atom stereocenters. The summed E-state index contributed by atoms with van der Waals surface area (Å²) in [7, 11) is 0. The highest BCUT2D eigenvalue weighted by Gasteiger charge is 2.02. The van der Waals surface area contributed by atoms with Crippen molar-refractivity contribution in [3.05, 3.63) is 0 Å². The van der Waals surface area contributed by atoms with Crippen LogP contribution in [0.1, 0.15) is 26.7 Å². The smallest absolute Gasteiger partial charge is 0.0687 e. The second-order valence-corrected chi connectivity index (χ2v) is 2.77. The Morgan fingerprint density at radius 3 is 2.64 bits per heavy atom. The van der Waals surface area contributed by atoms with Crippen LogP contribution in [0.2, 0.25) is 0 Å². The van der Waals surface area contributed by atoms with Gasteiger partial charge in [-0.05, 0) is 13.3 Å². The first-order valence-electron chi connectivity index (χ1n) is 4.08. The molecule has 0 aliphatic rings. The lowest BCUT2D eigenvalue weighted by molar-refractivity contribution is 0.188. The van der Waals surface area contributed by atoms with Crippen molar-refractivity contribution in [2.24, 2.45) is 0 Å². The molecule has 0 heterocycles. The molecule has 0 amide bonds. The molecule has 0 aromatic rings. The number of rotatable bonds is 5. The topological polar surface area (TPSA) is 32.3 Å². The molecule has 0 radical (unpaired) electrons. The Morgan fingerprint density at radius 2 is 2.27 bits per heavy atom. The molecular formula is C9H17NO. The zero-order valence-electron chi connectivity index (χ0n) is 7.30. The van der Waals surface area contributed by atoms with E-state index in [1.807, 2.05) is 0 Å². The molecule has 0 saturated heterocycles. The Hall–Kier alpha value is -0.520. The summed E-state index contributed by atoms with van der Waals surface area (Å²) in [5, 5.41) is 12.0. The van der Waals surface area contributed by atoms with E-state index < -0.39 is 0 Å². The third-order valence-electron chi connectivity index (χ3n) is 1.44. The monoisotopic (exact) mass is 155 g/mol. The highest BCUT2D eigenvalue weighted by molar-refractivity contribution is 4.98. The summed E-state index contributed by atoms with van der Waals surface area (Å²) in [6, 6.07) is 0.120. The van der Waals surface area contributed by atoms with Gasteiger partial charge in [0.2, 0.25) is 0 Å². The van der Waals surface area contributed by atoms with E-state index in [-0.39, 0.29) is 12.1 Å². The molecule has 0 aromatic carbocycles. The summed E-state index contributed by atoms with van der Waals surface area (Å²) >= 11 is 0. The highest BCUT2D eigenvalue weighted by Crippen LogP contribution is 1.94. The molecular weight excluding hydrogens is 138 g/mol. The van der Waals surface area contributed by atoms with E-state index in [4.69, 9.17) is 11.5 Å². The Bertz CT molecular complexity index is 126. The zero-order valence-corrected chi connectivity index (χ0v) is 7.30. The minimum Gasteiger partial charge on any atom is -0.392 e. The molecule has 0 spiro atoms. The number of hydrogen-bond donors (Lipinski definition) is 2. The van der Waals surface area contributed by atoms with Crippen LogP contribution in [-0.4, -0.2) is 23.8 Å². The molecule has 2 N–H and O–H groups in total. The van der Waals surface area contributed by atoms with Crippen LogP contribution in [-0.2, 0) is 0 Å². The molecule has 2 atom stereocenters. The fourth-order valence-corrected chi connectivity index (χ4v) is 0.846. The van der Waals surface area contributed by atoms with Crippen molar-refractivity contribution in [3.8, 4) is 12.3 Å². The van der Waals surface area contributed by atoms with Crippen molar-refractivity contribution in [3.63, 3.8) is 0 Å². The van der Waals surface area contributed by atoms with E-state index in [2.05, 4.69) is 18.2 Å². The van der Waals surface area contributed by atoms with Crippen LogP contribution >= 0.6 is 0 Å². The van der Waals surface area contributed by atoms with Gasteiger partial charge in [-0.15, -0.1) is 6.42 Å². The van der Waals surface area contributed by atoms with Gasteiger partial charge in [-0.3, -0.25) is 0 Å². The summed E-state index contributed by atoms with van der Waals surface area (Å²) in [5.41, 5.74) is 0. The minimum absolute atomic E-state index is 0.120. The molecule has 0 aromatic heterocycles. The second-order valence-electron chi connectivity index (χ2n) is 2.77. The first-order chi connectivity index (χ1) is 5.20. The van der Waals surface area contributed by atoms with Gasteiger partial charge in [0.25, 0.3) is 0 Å². The SMILES string of the molecule is C#CC(CCC)NC[C@H](C)O. The Balaban J connectivity index is 3.46. The van der Waals surface area contributed by atoms with Crippen LogP contribution in [0.15, 0.2) is 0 Å². The Morgan fingerprint density at radius 1 is 1.64 bits per heavy atom. The third-order valence-corrected chi connectivity index (χ3v) is 1.44. The molecule has 64 valence electrons. The maximum Gasteiger partial charge on any atom is 0.0687 e. The van der Waals surface area contributed by atoms with E-state index in [1.165, 1.54) is 0 Å². The van der Waals surface area contributed by atoms with Crippen LogP contribution in [0.5, 0.6) is 0 Å². The predicted octanol–water partition coefficient (Wildman–Crippen LogP) is 0.759. The van der Waals surface area contributed by atoms with Gasteiger partial charge < -0.3 is 10.4 Å². The average molecular weight is 155 g/mol. The maximum atomic E-state index is 8.93. The van der Waals surface area contributed by atoms with Crippen LogP contribution in [0.3, 0.4) is 0 Å². The standard InChI is InChI=1S/C9H17NO/c1-4-6-9(5-2)10-7-8(3)11/h2,8-11H,4,6-7H2,1,3H3/t8-,9?/m0/s1. The largest absolute Gasteiger partial charge is 0.392 e. The van der Waals surface area contributed by atoms with Crippen LogP contribution in [0.4, 0.5) is 0 Å². The molecule has 11 heavy (non-hydrogen) atoms. The van der Waals surface area contributed by atoms with E-state index in [9.17, 15) is 0 Å². The number of terminal acetylenes is 1. The van der Waals surface area contributed by atoms with Gasteiger partial charge >= 0.3 is 0 Å². The van der Waals surface area contributed by atoms with Gasteiger partial charge in [-0.25, -0.2) is 0 Å². The van der Waals surface area contributed by atoms with Crippen molar-refractivity contribution in [2.75, 3.05) is 6.54 Å². The molecule has 2 nitrogen and oxygen atoms in total. The predicted molar refractivity (Wildman–Crippen MR) is 47.2 cm³/mol. The molecule has 0 fully saturated rings. The normalized spacial score (nSPS) is 15.5. The minimum atomic E-state index is -0.317. The van der Waals surface area contributed by atoms with E-state index in [1.54, 1.807) is 6.92 Å². The molecule has 0 aliphatic carbocycles. The first-order valence-corrected chi connectivity index (χ1v) is 4.08. The van der Waals surface area contributed by atoms with Crippen LogP contribution in [0, 0.1) is 12.3 Å². The number of hydrogen-bond acceptors (Lipinski definition) is 2. The van der Waals surface area contributed by atoms with Crippen molar-refractivity contribution >= 4 is 0 Å². The van der Waals surface area contributed by atoms with E-state index in [0.717, 1.165) is 12.8 Å². The quantitative estimate of drug-likeness (QED) is 0.574. The molecule has 0 rings (SSSR count). The third kappa shape index (κ3) is 5.90. The Kier molecular flexibility index (Phi) is 5.91. The molecule has 2 heteroatoms. The fourth-order valence-electron chi connectivity index (χ4n) is 0.846. The lowest BCUT2D eigenvalue weighted by Gasteiger charge is -2.12. The first kappa shape index (κ1) is 10.5. The van der Waals surface area contributed by atoms with Crippen molar-refractivity contribution in [1.82, 2.24) is 5.32 Å². The number of nitrogens with one attached hydrogen (secondary N) is 1. The number of aliphatic hydroxyl groups is 1. The van der Waals surface area contributed by atoms with Crippen molar-refractivity contribution < 1.29 is 5.11 Å². The van der Waals surface area contributed by atoms with Gasteiger partial charge in [0.05, 0.1) is 12.1 Å². The summed E-state index contributed by atoms with van der Waals surface area (Å²) < 4.78 is 0. The maximum absolute atomic E-state index is 8.93. The lowest BCUT2D eigenvalue weighted by Crippen LogP contribution is -2.33. The van der Waals surface area contributed by atoms with Gasteiger partial charge in [0.1, 0.15) is 0 Å². The summed E-state index contributed by atoms with van der Waals surface area (Å²) in [4.78, 5) is 0. The molecule has 0 bridgehead atoms. The molecule has 0 saturated carbocycles. The second kappa shape index (κ2) is 6.21. The van der Waals surface area contributed by atoms with Gasteiger partial charge in [0, 0.05) is 6.54 Å². The Labute approximate surface area is 69.0 Å². The van der Waals surface area contributed by atoms with Crippen molar-refractivity contribution in [1.29, 1.82) is 0 Å². The summed E-state index contributed by atoms with van der Waals surface area (Å²) in [6.45, 7) is 4.41.